The van der Waals surface area contributed by atoms with Crippen LogP contribution in [-0.2, 0) is 7.05 Å². The molecule has 0 saturated carbocycles. The van der Waals surface area contributed by atoms with Gasteiger partial charge < -0.3 is 10.4 Å². The van der Waals surface area contributed by atoms with E-state index in [-0.39, 0.29) is 16.7 Å². The molecule has 0 radical (unpaired) electrons. The number of anilines is 1. The fraction of sp³-hybridized carbons (Fsp3) is 0.167. The van der Waals surface area contributed by atoms with Gasteiger partial charge in [0.1, 0.15) is 11.6 Å². The molecule has 0 aliphatic rings. The van der Waals surface area contributed by atoms with Gasteiger partial charge in [-0.15, -0.1) is 0 Å². The van der Waals surface area contributed by atoms with Crippen LogP contribution < -0.4 is 5.32 Å². The van der Waals surface area contributed by atoms with Crippen molar-refractivity contribution in [2.75, 3.05) is 5.32 Å². The van der Waals surface area contributed by atoms with Crippen LogP contribution in [-0.4, -0.2) is 20.8 Å². The Balaban J connectivity index is 2.22. The molecule has 2 N–H and O–H groups in total. The maximum absolute atomic E-state index is 11.9. The molecule has 94 valence electrons. The molecule has 0 aliphatic carbocycles. The number of nitrogens with one attached hydrogen (secondary N) is 1. The molecule has 0 aliphatic heterocycles. The predicted octanol–water partition coefficient (Wildman–Crippen LogP) is 2.34. The van der Waals surface area contributed by atoms with Gasteiger partial charge in [0.05, 0.1) is 10.7 Å². The number of nitrogens with zero attached hydrogens (tertiary/aromatic N) is 2. The summed E-state index contributed by atoms with van der Waals surface area (Å²) in [5, 5.41) is 16.3. The number of aryl methyl sites for hydroxylation is 2. The van der Waals surface area contributed by atoms with E-state index >= 15 is 0 Å². The van der Waals surface area contributed by atoms with E-state index in [1.165, 1.54) is 18.2 Å². The summed E-state index contributed by atoms with van der Waals surface area (Å²) in [5.74, 6) is 0.242. The summed E-state index contributed by atoms with van der Waals surface area (Å²) in [4.78, 5) is 11.9. The number of phenols is 1. The van der Waals surface area contributed by atoms with E-state index in [0.29, 0.717) is 11.4 Å². The van der Waals surface area contributed by atoms with E-state index in [1.807, 2.05) is 6.92 Å². The van der Waals surface area contributed by atoms with Crippen molar-refractivity contribution in [3.63, 3.8) is 0 Å². The topological polar surface area (TPSA) is 67.2 Å². The van der Waals surface area contributed by atoms with Crippen molar-refractivity contribution >= 4 is 23.3 Å². The highest BCUT2D eigenvalue weighted by Gasteiger charge is 2.11. The van der Waals surface area contributed by atoms with E-state index in [4.69, 9.17) is 11.6 Å². The summed E-state index contributed by atoms with van der Waals surface area (Å²) in [7, 11) is 1.74. The molecular weight excluding hydrogens is 254 g/mol. The van der Waals surface area contributed by atoms with Crippen molar-refractivity contribution in [2.45, 2.75) is 6.92 Å². The highest BCUT2D eigenvalue weighted by Crippen LogP contribution is 2.24. The van der Waals surface area contributed by atoms with Crippen LogP contribution in [0.15, 0.2) is 24.3 Å². The second kappa shape index (κ2) is 4.70. The van der Waals surface area contributed by atoms with E-state index < -0.39 is 0 Å². The van der Waals surface area contributed by atoms with Crippen LogP contribution >= 0.6 is 11.6 Å². The van der Waals surface area contributed by atoms with Gasteiger partial charge in [0.2, 0.25) is 0 Å². The Kier molecular flexibility index (Phi) is 3.25. The van der Waals surface area contributed by atoms with Crippen LogP contribution in [0.3, 0.4) is 0 Å². The highest BCUT2D eigenvalue weighted by atomic mass is 35.5. The maximum atomic E-state index is 11.9. The zero-order valence-electron chi connectivity index (χ0n) is 9.94. The largest absolute Gasteiger partial charge is 0.506 e. The van der Waals surface area contributed by atoms with Crippen LogP contribution in [0, 0.1) is 6.92 Å². The molecule has 1 amide bonds. The normalized spacial score (nSPS) is 10.4. The molecule has 0 unspecified atom stereocenters. The Morgan fingerprint density at radius 2 is 2.17 bits per heavy atom. The predicted molar refractivity (Wildman–Crippen MR) is 69.0 cm³/mol. The molecule has 1 heterocycles. The lowest BCUT2D eigenvalue weighted by atomic mass is 10.2. The minimum Gasteiger partial charge on any atom is -0.506 e. The van der Waals surface area contributed by atoms with Crippen LogP contribution in [0.2, 0.25) is 5.02 Å². The van der Waals surface area contributed by atoms with Crippen LogP contribution in [0.4, 0.5) is 5.82 Å². The number of phenolic OH excluding ortho intramolecular Hbond substituents is 1. The summed E-state index contributed by atoms with van der Waals surface area (Å²) in [6.45, 7) is 1.84. The molecule has 1 aromatic heterocycles. The average Bonchev–Trinajstić information content (AvgIpc) is 2.61. The number of carbonyl (C=O) groups excluding carboxylic acids is 1. The highest BCUT2D eigenvalue weighted by molar-refractivity contribution is 6.32. The number of hydrogen-bond donors (Lipinski definition) is 2. The van der Waals surface area contributed by atoms with Crippen molar-refractivity contribution in [1.82, 2.24) is 9.78 Å². The Hall–Kier alpha value is -2.01. The lowest BCUT2D eigenvalue weighted by molar-refractivity contribution is 0.102. The first-order valence-corrected chi connectivity index (χ1v) is 5.65. The quantitative estimate of drug-likeness (QED) is 0.876. The third-order valence-electron chi connectivity index (χ3n) is 2.45. The second-order valence-corrected chi connectivity index (χ2v) is 4.32. The summed E-state index contributed by atoms with van der Waals surface area (Å²) in [5.41, 5.74) is 1.19. The summed E-state index contributed by atoms with van der Waals surface area (Å²) in [6.07, 6.45) is 0. The molecular formula is C12H12ClN3O2. The first kappa shape index (κ1) is 12.4. The van der Waals surface area contributed by atoms with Crippen molar-refractivity contribution in [3.05, 3.63) is 40.5 Å². The number of benzene rings is 1. The molecule has 5 nitrogen and oxygen atoms in total. The average molecular weight is 266 g/mol. The summed E-state index contributed by atoms with van der Waals surface area (Å²) in [6, 6.07) is 6.06. The Morgan fingerprint density at radius 3 is 2.72 bits per heavy atom. The zero-order valence-corrected chi connectivity index (χ0v) is 10.7. The minimum absolute atomic E-state index is 0.0513. The number of aromatic hydroxyl groups is 1. The summed E-state index contributed by atoms with van der Waals surface area (Å²) < 4.78 is 1.58. The van der Waals surface area contributed by atoms with Crippen molar-refractivity contribution in [1.29, 1.82) is 0 Å². The Labute approximate surface area is 109 Å². The molecule has 0 bridgehead atoms. The SMILES string of the molecule is Cc1cc(NC(=O)c2ccc(O)c(Cl)c2)n(C)n1. The molecule has 0 fully saturated rings. The van der Waals surface area contributed by atoms with Crippen molar-refractivity contribution in [2.24, 2.45) is 7.05 Å². The third kappa shape index (κ3) is 2.46. The van der Waals surface area contributed by atoms with Gasteiger partial charge >= 0.3 is 0 Å². The lowest BCUT2D eigenvalue weighted by Gasteiger charge is -2.06. The molecule has 2 rings (SSSR count). The first-order chi connectivity index (χ1) is 8.47. The van der Waals surface area contributed by atoms with Crippen molar-refractivity contribution < 1.29 is 9.90 Å². The fourth-order valence-corrected chi connectivity index (χ4v) is 1.74. The van der Waals surface area contributed by atoms with Gasteiger partial charge in [0.15, 0.2) is 0 Å². The Morgan fingerprint density at radius 1 is 1.44 bits per heavy atom. The summed E-state index contributed by atoms with van der Waals surface area (Å²) >= 11 is 5.75. The molecule has 0 saturated heterocycles. The number of rotatable bonds is 2. The molecule has 18 heavy (non-hydrogen) atoms. The van der Waals surface area contributed by atoms with Crippen LogP contribution in [0.5, 0.6) is 5.75 Å². The number of carbonyl (C=O) groups is 1. The molecule has 6 heteroatoms. The number of hydrogen-bond acceptors (Lipinski definition) is 3. The molecule has 0 spiro atoms. The number of aromatic nitrogens is 2. The number of halogens is 1. The monoisotopic (exact) mass is 265 g/mol. The van der Waals surface area contributed by atoms with Gasteiger partial charge in [-0.25, -0.2) is 0 Å². The molecule has 0 atom stereocenters. The van der Waals surface area contributed by atoms with E-state index in [2.05, 4.69) is 10.4 Å². The van der Waals surface area contributed by atoms with Gasteiger partial charge in [-0.05, 0) is 25.1 Å². The van der Waals surface area contributed by atoms with Gasteiger partial charge in [0.25, 0.3) is 5.91 Å². The van der Waals surface area contributed by atoms with Crippen molar-refractivity contribution in [3.8, 4) is 5.75 Å². The van der Waals surface area contributed by atoms with Gasteiger partial charge in [0, 0.05) is 18.7 Å². The maximum Gasteiger partial charge on any atom is 0.256 e. The van der Waals surface area contributed by atoms with E-state index in [9.17, 15) is 9.90 Å². The zero-order chi connectivity index (χ0) is 13.3. The lowest BCUT2D eigenvalue weighted by Crippen LogP contribution is -2.14. The standard InChI is InChI=1S/C12H12ClN3O2/c1-7-5-11(16(2)15-7)14-12(18)8-3-4-10(17)9(13)6-8/h3-6,17H,1-2H3,(H,14,18). The fourth-order valence-electron chi connectivity index (χ4n) is 1.56. The van der Waals surface area contributed by atoms with Gasteiger partial charge in [-0.3, -0.25) is 9.48 Å². The first-order valence-electron chi connectivity index (χ1n) is 5.28. The van der Waals surface area contributed by atoms with Crippen LogP contribution in [0.1, 0.15) is 16.1 Å². The van der Waals surface area contributed by atoms with Gasteiger partial charge in [-0.1, -0.05) is 11.6 Å². The minimum atomic E-state index is -0.306. The third-order valence-corrected chi connectivity index (χ3v) is 2.76. The van der Waals surface area contributed by atoms with E-state index in [0.717, 1.165) is 5.69 Å². The van der Waals surface area contributed by atoms with E-state index in [1.54, 1.807) is 17.8 Å². The Bertz CT molecular complexity index is 607. The van der Waals surface area contributed by atoms with Gasteiger partial charge in [-0.2, -0.15) is 5.10 Å². The van der Waals surface area contributed by atoms with Crippen LogP contribution in [0.25, 0.3) is 0 Å². The second-order valence-electron chi connectivity index (χ2n) is 3.91. The molecule has 2 aromatic rings. The smallest absolute Gasteiger partial charge is 0.256 e. The number of amides is 1. The molecule has 1 aromatic carbocycles.